The zero-order chi connectivity index (χ0) is 11.7. The van der Waals surface area contributed by atoms with E-state index < -0.39 is 0 Å². The number of likely N-dealkylation sites (tertiary alicyclic amines) is 1. The van der Waals surface area contributed by atoms with Gasteiger partial charge in [-0.15, -0.1) is 0 Å². The maximum Gasteiger partial charge on any atom is 0.231 e. The van der Waals surface area contributed by atoms with Gasteiger partial charge in [0.25, 0.3) is 0 Å². The second-order valence-electron chi connectivity index (χ2n) is 4.64. The third kappa shape index (κ3) is 2.10. The number of rotatable bonds is 2. The molecule has 3 heterocycles. The van der Waals surface area contributed by atoms with Gasteiger partial charge in [0.2, 0.25) is 11.7 Å². The van der Waals surface area contributed by atoms with Crippen molar-refractivity contribution in [3.05, 3.63) is 24.2 Å². The van der Waals surface area contributed by atoms with E-state index in [0.29, 0.717) is 11.7 Å². The lowest BCUT2D eigenvalue weighted by Crippen LogP contribution is -2.30. The Hall–Kier alpha value is -1.62. The van der Waals surface area contributed by atoms with Gasteiger partial charge in [-0.25, -0.2) is 0 Å². The van der Waals surface area contributed by atoms with E-state index in [1.807, 2.05) is 18.3 Å². The monoisotopic (exact) mass is 232 g/mol. The Kier molecular flexibility index (Phi) is 2.68. The zero-order valence-corrected chi connectivity index (χ0v) is 9.89. The van der Waals surface area contributed by atoms with Crippen molar-refractivity contribution in [1.82, 2.24) is 20.0 Å². The molecule has 0 spiro atoms. The maximum atomic E-state index is 5.37. The van der Waals surface area contributed by atoms with Crippen LogP contribution in [0.5, 0.6) is 0 Å². The minimum atomic E-state index is 0.380. The molecule has 1 fully saturated rings. The van der Waals surface area contributed by atoms with Crippen molar-refractivity contribution in [3.63, 3.8) is 0 Å². The number of aromatic amines is 1. The van der Waals surface area contributed by atoms with E-state index in [-0.39, 0.29) is 0 Å². The van der Waals surface area contributed by atoms with Gasteiger partial charge in [-0.05, 0) is 38.6 Å². The third-order valence-electron chi connectivity index (χ3n) is 3.25. The zero-order valence-electron chi connectivity index (χ0n) is 9.89. The quantitative estimate of drug-likeness (QED) is 0.858. The number of aromatic nitrogens is 3. The molecule has 2 aromatic heterocycles. The Morgan fingerprint density at radius 3 is 3.24 bits per heavy atom. The summed E-state index contributed by atoms with van der Waals surface area (Å²) < 4.78 is 5.37. The lowest BCUT2D eigenvalue weighted by atomic mass is 9.98. The van der Waals surface area contributed by atoms with E-state index >= 15 is 0 Å². The van der Waals surface area contributed by atoms with Gasteiger partial charge in [-0.1, -0.05) is 5.16 Å². The Morgan fingerprint density at radius 2 is 2.47 bits per heavy atom. The molecule has 1 aliphatic rings. The second-order valence-corrected chi connectivity index (χ2v) is 4.64. The molecule has 0 radical (unpaired) electrons. The van der Waals surface area contributed by atoms with E-state index in [9.17, 15) is 0 Å². The predicted molar refractivity (Wildman–Crippen MR) is 63.6 cm³/mol. The molecule has 0 aliphatic carbocycles. The van der Waals surface area contributed by atoms with Crippen molar-refractivity contribution in [2.24, 2.45) is 0 Å². The molecule has 0 bridgehead atoms. The molecule has 0 amide bonds. The molecule has 0 saturated carbocycles. The van der Waals surface area contributed by atoms with Crippen molar-refractivity contribution in [1.29, 1.82) is 0 Å². The smallest absolute Gasteiger partial charge is 0.231 e. The molecular weight excluding hydrogens is 216 g/mol. The normalized spacial score (nSPS) is 21.8. The van der Waals surface area contributed by atoms with Gasteiger partial charge in [-0.2, -0.15) is 4.98 Å². The van der Waals surface area contributed by atoms with Gasteiger partial charge in [0.1, 0.15) is 0 Å². The highest BCUT2D eigenvalue weighted by molar-refractivity contribution is 5.47. The van der Waals surface area contributed by atoms with Crippen LogP contribution in [0.15, 0.2) is 22.9 Å². The molecule has 3 rings (SSSR count). The van der Waals surface area contributed by atoms with Gasteiger partial charge in [-0.3, -0.25) is 0 Å². The average molecular weight is 232 g/mol. The van der Waals surface area contributed by atoms with Crippen molar-refractivity contribution < 1.29 is 4.52 Å². The first kappa shape index (κ1) is 10.5. The number of hydrogen-bond donors (Lipinski definition) is 1. The minimum absolute atomic E-state index is 0.380. The molecule has 2 aromatic rings. The minimum Gasteiger partial charge on any atom is -0.359 e. The first-order chi connectivity index (χ1) is 8.33. The molecule has 0 unspecified atom stereocenters. The lowest BCUT2D eigenvalue weighted by Gasteiger charge is -2.27. The fraction of sp³-hybridized carbons (Fsp3) is 0.500. The molecule has 1 atom stereocenters. The molecule has 1 N–H and O–H groups in total. The Morgan fingerprint density at radius 1 is 1.53 bits per heavy atom. The number of nitrogens with zero attached hydrogens (tertiary/aromatic N) is 3. The van der Waals surface area contributed by atoms with Crippen LogP contribution in [0.4, 0.5) is 0 Å². The standard InChI is InChI=1S/C12H16N4O/c1-16-7-3-4-9(8-16)12-14-11(15-17-12)10-5-2-6-13-10/h2,5-6,9,13H,3-4,7-8H2,1H3/t9-/m0/s1. The van der Waals surface area contributed by atoms with Crippen LogP contribution >= 0.6 is 0 Å². The summed E-state index contributed by atoms with van der Waals surface area (Å²) in [4.78, 5) is 9.87. The Balaban J connectivity index is 1.80. The van der Waals surface area contributed by atoms with Gasteiger partial charge < -0.3 is 14.4 Å². The van der Waals surface area contributed by atoms with Crippen molar-refractivity contribution in [2.75, 3.05) is 20.1 Å². The summed E-state index contributed by atoms with van der Waals surface area (Å²) in [5, 5.41) is 4.02. The largest absolute Gasteiger partial charge is 0.359 e. The van der Waals surface area contributed by atoms with Crippen molar-refractivity contribution in [2.45, 2.75) is 18.8 Å². The second kappa shape index (κ2) is 4.33. The van der Waals surface area contributed by atoms with Crippen LogP contribution in [0.2, 0.25) is 0 Å². The number of hydrogen-bond acceptors (Lipinski definition) is 4. The van der Waals surface area contributed by atoms with Gasteiger partial charge in [0, 0.05) is 12.7 Å². The topological polar surface area (TPSA) is 58.0 Å². The van der Waals surface area contributed by atoms with E-state index in [2.05, 4.69) is 27.1 Å². The molecule has 5 heteroatoms. The van der Waals surface area contributed by atoms with Crippen LogP contribution in [-0.4, -0.2) is 40.2 Å². The SMILES string of the molecule is CN1CCC[C@H](c2nc(-c3ccc[nH]3)no2)C1. The van der Waals surface area contributed by atoms with Crippen molar-refractivity contribution in [3.8, 4) is 11.5 Å². The fourth-order valence-electron chi connectivity index (χ4n) is 2.35. The highest BCUT2D eigenvalue weighted by atomic mass is 16.5. The summed E-state index contributed by atoms with van der Waals surface area (Å²) in [5.41, 5.74) is 0.907. The molecule has 5 nitrogen and oxygen atoms in total. The summed E-state index contributed by atoms with van der Waals surface area (Å²) in [6.45, 7) is 2.17. The van der Waals surface area contributed by atoms with E-state index in [0.717, 1.165) is 31.1 Å². The summed E-state index contributed by atoms with van der Waals surface area (Å²) in [7, 11) is 2.13. The number of nitrogens with one attached hydrogen (secondary N) is 1. The van der Waals surface area contributed by atoms with E-state index in [1.54, 1.807) is 0 Å². The first-order valence-corrected chi connectivity index (χ1v) is 5.99. The Labute approximate surface area is 99.8 Å². The maximum absolute atomic E-state index is 5.37. The number of piperidine rings is 1. The highest BCUT2D eigenvalue weighted by Crippen LogP contribution is 2.26. The third-order valence-corrected chi connectivity index (χ3v) is 3.25. The first-order valence-electron chi connectivity index (χ1n) is 5.99. The number of H-pyrrole nitrogens is 1. The van der Waals surface area contributed by atoms with Crippen molar-refractivity contribution >= 4 is 0 Å². The summed E-state index contributed by atoms with van der Waals surface area (Å²) in [5.74, 6) is 1.80. The van der Waals surface area contributed by atoms with E-state index in [1.165, 1.54) is 6.42 Å². The van der Waals surface area contributed by atoms with E-state index in [4.69, 9.17) is 4.52 Å². The molecule has 1 aliphatic heterocycles. The summed E-state index contributed by atoms with van der Waals surface area (Å²) >= 11 is 0. The molecular formula is C12H16N4O. The van der Waals surface area contributed by atoms with Gasteiger partial charge >= 0.3 is 0 Å². The van der Waals surface area contributed by atoms with Crippen LogP contribution in [0.1, 0.15) is 24.7 Å². The fourth-order valence-corrected chi connectivity index (χ4v) is 2.35. The lowest BCUT2D eigenvalue weighted by molar-refractivity contribution is 0.220. The molecule has 0 aromatic carbocycles. The average Bonchev–Trinajstić information content (AvgIpc) is 3.00. The van der Waals surface area contributed by atoms with Crippen LogP contribution in [-0.2, 0) is 0 Å². The summed E-state index contributed by atoms with van der Waals surface area (Å²) in [6.07, 6.45) is 4.19. The van der Waals surface area contributed by atoms with Crippen LogP contribution < -0.4 is 0 Å². The van der Waals surface area contributed by atoms with Gasteiger partial charge in [0.05, 0.1) is 11.6 Å². The van der Waals surface area contributed by atoms with Crippen LogP contribution in [0, 0.1) is 0 Å². The van der Waals surface area contributed by atoms with Crippen LogP contribution in [0.25, 0.3) is 11.5 Å². The molecule has 90 valence electrons. The van der Waals surface area contributed by atoms with Crippen LogP contribution in [0.3, 0.4) is 0 Å². The molecule has 17 heavy (non-hydrogen) atoms. The highest BCUT2D eigenvalue weighted by Gasteiger charge is 2.24. The Bertz CT molecular complexity index is 476. The number of likely N-dealkylation sites (N-methyl/N-ethyl adjacent to an activating group) is 1. The molecule has 1 saturated heterocycles. The predicted octanol–water partition coefficient (Wildman–Crippen LogP) is 1.87. The summed E-state index contributed by atoms with van der Waals surface area (Å²) in [6, 6.07) is 3.88. The van der Waals surface area contributed by atoms with Gasteiger partial charge in [0.15, 0.2) is 0 Å².